The first-order valence-electron chi connectivity index (χ1n) is 9.76. The van der Waals surface area contributed by atoms with E-state index >= 15 is 0 Å². The molecular formula is C23H22ClN3O5. The van der Waals surface area contributed by atoms with Crippen molar-refractivity contribution in [3.63, 3.8) is 0 Å². The van der Waals surface area contributed by atoms with Gasteiger partial charge in [0, 0.05) is 16.8 Å². The molecule has 166 valence electrons. The largest absolute Gasteiger partial charge is 0.508 e. The number of carboxylic acids is 1. The molecule has 8 nitrogen and oxygen atoms in total. The molecule has 3 aromatic rings. The summed E-state index contributed by atoms with van der Waals surface area (Å²) < 4.78 is 1.30. The molecule has 1 atom stereocenters. The van der Waals surface area contributed by atoms with Crippen LogP contribution in [0.5, 0.6) is 5.75 Å². The third-order valence-corrected chi connectivity index (χ3v) is 5.21. The second-order valence-electron chi connectivity index (χ2n) is 7.25. The maximum Gasteiger partial charge on any atom is 0.319 e. The summed E-state index contributed by atoms with van der Waals surface area (Å²) in [5.41, 5.74) is 1.50. The number of aromatic hydroxyl groups is 1. The molecule has 1 aromatic heterocycles. The molecule has 3 rings (SSSR count). The first kappa shape index (κ1) is 22.9. The Hall–Kier alpha value is -3.78. The van der Waals surface area contributed by atoms with E-state index in [4.69, 9.17) is 11.6 Å². The zero-order chi connectivity index (χ0) is 23.3. The maximum absolute atomic E-state index is 12.8. The van der Waals surface area contributed by atoms with Crippen LogP contribution in [0.15, 0.2) is 65.6 Å². The second-order valence-corrected chi connectivity index (χ2v) is 7.66. The summed E-state index contributed by atoms with van der Waals surface area (Å²) >= 11 is 6.12. The fourth-order valence-corrected chi connectivity index (χ4v) is 3.40. The van der Waals surface area contributed by atoms with Crippen LogP contribution in [-0.4, -0.2) is 26.8 Å². The van der Waals surface area contributed by atoms with Gasteiger partial charge in [-0.3, -0.25) is 9.59 Å². The van der Waals surface area contributed by atoms with Gasteiger partial charge in [0.05, 0.1) is 19.0 Å². The van der Waals surface area contributed by atoms with Gasteiger partial charge in [-0.05, 0) is 36.8 Å². The normalized spacial score (nSPS) is 11.6. The highest BCUT2D eigenvalue weighted by Crippen LogP contribution is 2.25. The SMILES string of the molecule is Cc1ccc([C@H](CC(=O)O)NC(=O)Nc2cccn(Cc3c(O)cccc3Cl)c2=O)cc1. The molecule has 0 aliphatic carbocycles. The zero-order valence-corrected chi connectivity index (χ0v) is 18.0. The fourth-order valence-electron chi connectivity index (χ4n) is 3.17. The first-order valence-corrected chi connectivity index (χ1v) is 10.1. The van der Waals surface area contributed by atoms with E-state index in [2.05, 4.69) is 10.6 Å². The minimum atomic E-state index is -1.07. The number of halogens is 1. The van der Waals surface area contributed by atoms with E-state index in [0.717, 1.165) is 5.56 Å². The predicted octanol–water partition coefficient (Wildman–Crippen LogP) is 3.90. The van der Waals surface area contributed by atoms with Crippen molar-refractivity contribution >= 4 is 29.3 Å². The number of hydrogen-bond acceptors (Lipinski definition) is 4. The minimum absolute atomic E-state index is 0.00507. The van der Waals surface area contributed by atoms with E-state index in [1.807, 2.05) is 19.1 Å². The number of urea groups is 1. The summed E-state index contributed by atoms with van der Waals surface area (Å²) in [4.78, 5) is 36.6. The van der Waals surface area contributed by atoms with E-state index in [-0.39, 0.29) is 24.4 Å². The third-order valence-electron chi connectivity index (χ3n) is 4.85. The number of benzene rings is 2. The van der Waals surface area contributed by atoms with Gasteiger partial charge < -0.3 is 25.4 Å². The molecule has 2 aromatic carbocycles. The Labute approximate surface area is 189 Å². The molecule has 0 aliphatic heterocycles. The molecule has 4 N–H and O–H groups in total. The number of amides is 2. The van der Waals surface area contributed by atoms with Crippen LogP contribution in [0.4, 0.5) is 10.5 Å². The Morgan fingerprint density at radius 1 is 1.09 bits per heavy atom. The van der Waals surface area contributed by atoms with E-state index in [0.29, 0.717) is 16.1 Å². The Bertz CT molecular complexity index is 1170. The summed E-state index contributed by atoms with van der Waals surface area (Å²) in [5, 5.41) is 24.6. The van der Waals surface area contributed by atoms with Crippen molar-refractivity contribution in [3.05, 3.63) is 92.9 Å². The van der Waals surface area contributed by atoms with E-state index in [9.17, 15) is 24.6 Å². The standard InChI is InChI=1S/C23H22ClN3O5/c1-14-7-9-15(10-8-14)19(12-21(29)30)26-23(32)25-18-5-3-11-27(22(18)31)13-16-17(24)4-2-6-20(16)28/h2-11,19,28H,12-13H2,1H3,(H,29,30)(H2,25,26,32)/t19-/m0/s1. The van der Waals surface area contributed by atoms with Crippen LogP contribution < -0.4 is 16.2 Å². The van der Waals surface area contributed by atoms with Crippen LogP contribution in [0.3, 0.4) is 0 Å². The number of nitrogens with zero attached hydrogens (tertiary/aromatic N) is 1. The number of aryl methyl sites for hydroxylation is 1. The van der Waals surface area contributed by atoms with Gasteiger partial charge in [-0.1, -0.05) is 47.5 Å². The van der Waals surface area contributed by atoms with Crippen LogP contribution >= 0.6 is 11.6 Å². The quantitative estimate of drug-likeness (QED) is 0.430. The van der Waals surface area contributed by atoms with E-state index in [1.165, 1.54) is 22.9 Å². The number of anilines is 1. The van der Waals surface area contributed by atoms with Crippen LogP contribution in [0.2, 0.25) is 5.02 Å². The Morgan fingerprint density at radius 3 is 2.47 bits per heavy atom. The molecule has 0 aliphatic rings. The van der Waals surface area contributed by atoms with Crippen molar-refractivity contribution in [2.24, 2.45) is 0 Å². The summed E-state index contributed by atoms with van der Waals surface area (Å²) in [6, 6.07) is 13.3. The van der Waals surface area contributed by atoms with Gasteiger partial charge >= 0.3 is 12.0 Å². The van der Waals surface area contributed by atoms with Gasteiger partial charge in [-0.25, -0.2) is 4.79 Å². The number of aromatic nitrogens is 1. The van der Waals surface area contributed by atoms with Crippen molar-refractivity contribution in [3.8, 4) is 5.75 Å². The molecule has 0 saturated carbocycles. The van der Waals surface area contributed by atoms with Gasteiger partial charge in [-0.2, -0.15) is 0 Å². The number of carbonyl (C=O) groups is 2. The highest BCUT2D eigenvalue weighted by atomic mass is 35.5. The summed E-state index contributed by atoms with van der Waals surface area (Å²) in [5.74, 6) is -1.12. The molecule has 0 saturated heterocycles. The zero-order valence-electron chi connectivity index (χ0n) is 17.2. The molecule has 32 heavy (non-hydrogen) atoms. The topological polar surface area (TPSA) is 121 Å². The maximum atomic E-state index is 12.8. The monoisotopic (exact) mass is 455 g/mol. The van der Waals surface area contributed by atoms with Gasteiger partial charge in [0.15, 0.2) is 0 Å². The van der Waals surface area contributed by atoms with E-state index in [1.54, 1.807) is 30.3 Å². The molecular weight excluding hydrogens is 434 g/mol. The van der Waals surface area contributed by atoms with Gasteiger partial charge in [-0.15, -0.1) is 0 Å². The van der Waals surface area contributed by atoms with Crippen LogP contribution in [0, 0.1) is 6.92 Å². The average Bonchev–Trinajstić information content (AvgIpc) is 2.73. The lowest BCUT2D eigenvalue weighted by Crippen LogP contribution is -2.36. The predicted molar refractivity (Wildman–Crippen MR) is 121 cm³/mol. The van der Waals surface area contributed by atoms with Gasteiger partial charge in [0.2, 0.25) is 0 Å². The third kappa shape index (κ3) is 5.67. The molecule has 0 radical (unpaired) electrons. The lowest BCUT2D eigenvalue weighted by molar-refractivity contribution is -0.137. The summed E-state index contributed by atoms with van der Waals surface area (Å²) in [7, 11) is 0. The van der Waals surface area contributed by atoms with Gasteiger partial charge in [0.1, 0.15) is 11.4 Å². The molecule has 2 amide bonds. The summed E-state index contributed by atoms with van der Waals surface area (Å²) in [6.07, 6.45) is 1.19. The van der Waals surface area contributed by atoms with Crippen LogP contribution in [0.1, 0.15) is 29.2 Å². The Morgan fingerprint density at radius 2 is 1.81 bits per heavy atom. The first-order chi connectivity index (χ1) is 15.2. The number of phenols is 1. The van der Waals surface area contributed by atoms with Crippen molar-refractivity contribution in [1.29, 1.82) is 0 Å². The van der Waals surface area contributed by atoms with Gasteiger partial charge in [0.25, 0.3) is 5.56 Å². The van der Waals surface area contributed by atoms with Crippen molar-refractivity contribution < 1.29 is 19.8 Å². The van der Waals surface area contributed by atoms with Crippen molar-refractivity contribution in [2.75, 3.05) is 5.32 Å². The number of carbonyl (C=O) groups excluding carboxylic acids is 1. The van der Waals surface area contributed by atoms with Crippen LogP contribution in [0.25, 0.3) is 0 Å². The molecule has 0 spiro atoms. The number of nitrogens with one attached hydrogen (secondary N) is 2. The van der Waals surface area contributed by atoms with Crippen molar-refractivity contribution in [2.45, 2.75) is 25.9 Å². The average molecular weight is 456 g/mol. The highest BCUT2D eigenvalue weighted by molar-refractivity contribution is 6.31. The van der Waals surface area contributed by atoms with Crippen molar-refractivity contribution in [1.82, 2.24) is 9.88 Å². The Balaban J connectivity index is 1.78. The number of hydrogen-bond donors (Lipinski definition) is 4. The summed E-state index contributed by atoms with van der Waals surface area (Å²) in [6.45, 7) is 1.91. The molecule has 1 heterocycles. The number of rotatable bonds is 7. The minimum Gasteiger partial charge on any atom is -0.508 e. The fraction of sp³-hybridized carbons (Fsp3) is 0.174. The second kappa shape index (κ2) is 10.0. The number of phenolic OH excluding ortho intramolecular Hbond substituents is 1. The smallest absolute Gasteiger partial charge is 0.319 e. The van der Waals surface area contributed by atoms with Crippen LogP contribution in [-0.2, 0) is 11.3 Å². The molecule has 0 fully saturated rings. The lowest BCUT2D eigenvalue weighted by atomic mass is 10.0. The highest BCUT2D eigenvalue weighted by Gasteiger charge is 2.19. The Kier molecular flexibility index (Phi) is 7.17. The number of carboxylic acid groups (broad SMARTS) is 1. The number of aliphatic carboxylic acids is 1. The van der Waals surface area contributed by atoms with E-state index < -0.39 is 23.6 Å². The molecule has 0 unspecified atom stereocenters. The number of pyridine rings is 1. The molecule has 9 heteroatoms. The lowest BCUT2D eigenvalue weighted by Gasteiger charge is -2.18. The molecule has 0 bridgehead atoms.